The molecule has 26 heavy (non-hydrogen) atoms. The number of carbonyl (C=O) groups excluding carboxylic acids is 2. The summed E-state index contributed by atoms with van der Waals surface area (Å²) in [7, 11) is 0. The van der Waals surface area contributed by atoms with Crippen LogP contribution in [0.3, 0.4) is 0 Å². The van der Waals surface area contributed by atoms with Crippen molar-refractivity contribution in [2.75, 3.05) is 13.1 Å². The highest BCUT2D eigenvalue weighted by molar-refractivity contribution is 5.97. The second-order valence-electron chi connectivity index (χ2n) is 6.88. The molecule has 1 saturated heterocycles. The summed E-state index contributed by atoms with van der Waals surface area (Å²) in [6.07, 6.45) is 8.33. The van der Waals surface area contributed by atoms with E-state index in [9.17, 15) is 9.59 Å². The highest BCUT2D eigenvalue weighted by Crippen LogP contribution is 2.23. The zero-order valence-electron chi connectivity index (χ0n) is 14.8. The molecule has 7 heteroatoms. The molecule has 1 N–H and O–H groups in total. The minimum absolute atomic E-state index is 0.0445. The molecule has 2 aromatic heterocycles. The predicted molar refractivity (Wildman–Crippen MR) is 95.7 cm³/mol. The molecule has 0 aliphatic carbocycles. The summed E-state index contributed by atoms with van der Waals surface area (Å²) < 4.78 is 1.96. The fourth-order valence-corrected chi connectivity index (χ4v) is 3.72. The summed E-state index contributed by atoms with van der Waals surface area (Å²) in [6.45, 7) is 2.72. The van der Waals surface area contributed by atoms with Crippen LogP contribution in [0.15, 0.2) is 24.5 Å². The maximum Gasteiger partial charge on any atom is 0.289 e. The largest absolute Gasteiger partial charge is 0.347 e. The Morgan fingerprint density at radius 1 is 1.12 bits per heavy atom. The molecule has 1 fully saturated rings. The molecular weight excluding hydrogens is 330 g/mol. The van der Waals surface area contributed by atoms with E-state index >= 15 is 0 Å². The Balaban J connectivity index is 1.57. The maximum atomic E-state index is 12.8. The van der Waals surface area contributed by atoms with E-state index in [1.807, 2.05) is 21.6 Å². The number of hydrogen-bond acceptors (Lipinski definition) is 4. The first kappa shape index (κ1) is 16.8. The van der Waals surface area contributed by atoms with Gasteiger partial charge in [0.15, 0.2) is 5.82 Å². The van der Waals surface area contributed by atoms with Crippen LogP contribution >= 0.6 is 0 Å². The molecule has 0 spiro atoms. The Hall–Kier alpha value is -2.70. The lowest BCUT2D eigenvalue weighted by molar-refractivity contribution is 0.0774. The van der Waals surface area contributed by atoms with Crippen molar-refractivity contribution in [1.29, 1.82) is 0 Å². The quantitative estimate of drug-likeness (QED) is 0.909. The summed E-state index contributed by atoms with van der Waals surface area (Å²) >= 11 is 0. The molecule has 0 aromatic carbocycles. The number of fused-ring (bicyclic) bond motifs is 1. The van der Waals surface area contributed by atoms with Crippen molar-refractivity contribution < 1.29 is 9.59 Å². The summed E-state index contributed by atoms with van der Waals surface area (Å²) in [5.41, 5.74) is 2.22. The first-order valence-electron chi connectivity index (χ1n) is 9.30. The van der Waals surface area contributed by atoms with Crippen LogP contribution in [0.25, 0.3) is 0 Å². The number of nitrogens with one attached hydrogen (secondary N) is 1. The average molecular weight is 353 g/mol. The zero-order chi connectivity index (χ0) is 17.9. The molecular formula is C19H23N5O2. The molecule has 4 heterocycles. The number of aromatic nitrogens is 3. The molecule has 4 rings (SSSR count). The third-order valence-electron chi connectivity index (χ3n) is 5.09. The maximum absolute atomic E-state index is 12.8. The number of rotatable bonds is 4. The molecule has 0 bridgehead atoms. The standard InChI is InChI=1S/C19H23N5O2/c25-18(21-13-14-6-5-8-20-12-14)16-15-7-1-2-11-24(15)17(22-16)19(26)23-9-3-4-10-23/h5-6,8,12H,1-4,7,9-11,13H2,(H,21,25). The van der Waals surface area contributed by atoms with Crippen molar-refractivity contribution in [2.24, 2.45) is 0 Å². The van der Waals surface area contributed by atoms with Crippen LogP contribution in [0, 0.1) is 0 Å². The van der Waals surface area contributed by atoms with Crippen molar-refractivity contribution >= 4 is 11.8 Å². The molecule has 7 nitrogen and oxygen atoms in total. The average Bonchev–Trinajstić information content (AvgIpc) is 3.35. The van der Waals surface area contributed by atoms with Gasteiger partial charge in [0.1, 0.15) is 5.69 Å². The topological polar surface area (TPSA) is 80.1 Å². The van der Waals surface area contributed by atoms with Crippen molar-refractivity contribution in [3.8, 4) is 0 Å². The lowest BCUT2D eigenvalue weighted by atomic mass is 10.1. The number of imidazole rings is 1. The van der Waals surface area contributed by atoms with E-state index in [4.69, 9.17) is 0 Å². The summed E-state index contributed by atoms with van der Waals surface area (Å²) in [6, 6.07) is 3.76. The van der Waals surface area contributed by atoms with Gasteiger partial charge in [0.2, 0.25) is 0 Å². The van der Waals surface area contributed by atoms with Crippen molar-refractivity contribution in [2.45, 2.75) is 45.2 Å². The minimum atomic E-state index is -0.222. The molecule has 0 unspecified atom stereocenters. The van der Waals surface area contributed by atoms with E-state index in [-0.39, 0.29) is 11.8 Å². The van der Waals surface area contributed by atoms with Gasteiger partial charge in [0.05, 0.1) is 5.69 Å². The van der Waals surface area contributed by atoms with Gasteiger partial charge in [-0.2, -0.15) is 0 Å². The van der Waals surface area contributed by atoms with E-state index in [1.165, 1.54) is 0 Å². The van der Waals surface area contributed by atoms with E-state index in [0.29, 0.717) is 18.1 Å². The van der Waals surface area contributed by atoms with E-state index in [2.05, 4.69) is 15.3 Å². The first-order chi connectivity index (χ1) is 12.7. The highest BCUT2D eigenvalue weighted by Gasteiger charge is 2.30. The van der Waals surface area contributed by atoms with Gasteiger partial charge in [-0.25, -0.2) is 4.98 Å². The van der Waals surface area contributed by atoms with Crippen molar-refractivity contribution in [1.82, 2.24) is 24.8 Å². The Kier molecular flexibility index (Phi) is 4.69. The number of hydrogen-bond donors (Lipinski definition) is 1. The molecule has 2 aliphatic heterocycles. The van der Waals surface area contributed by atoms with Gasteiger partial charge in [-0.1, -0.05) is 6.07 Å². The van der Waals surface area contributed by atoms with Gasteiger partial charge in [-0.3, -0.25) is 14.6 Å². The highest BCUT2D eigenvalue weighted by atomic mass is 16.2. The second-order valence-corrected chi connectivity index (χ2v) is 6.88. The number of carbonyl (C=O) groups is 2. The summed E-state index contributed by atoms with van der Waals surface area (Å²) in [4.78, 5) is 35.9. The van der Waals surface area contributed by atoms with Crippen LogP contribution < -0.4 is 5.32 Å². The minimum Gasteiger partial charge on any atom is -0.347 e. The summed E-state index contributed by atoms with van der Waals surface area (Å²) in [5.74, 6) is 0.157. The Labute approximate surface area is 152 Å². The SMILES string of the molecule is O=C(NCc1cccnc1)c1nc(C(=O)N2CCCC2)n2c1CCCC2. The van der Waals surface area contributed by atoms with Gasteiger partial charge < -0.3 is 14.8 Å². The number of likely N-dealkylation sites (tertiary alicyclic amines) is 1. The lowest BCUT2D eigenvalue weighted by Crippen LogP contribution is -2.31. The van der Waals surface area contributed by atoms with Gasteiger partial charge >= 0.3 is 0 Å². The van der Waals surface area contributed by atoms with Crippen LogP contribution in [-0.4, -0.2) is 44.3 Å². The van der Waals surface area contributed by atoms with Crippen LogP contribution in [0.1, 0.15) is 58.0 Å². The van der Waals surface area contributed by atoms with Crippen LogP contribution in [0.5, 0.6) is 0 Å². The van der Waals surface area contributed by atoms with Crippen LogP contribution in [0.4, 0.5) is 0 Å². The Morgan fingerprint density at radius 2 is 1.92 bits per heavy atom. The third-order valence-corrected chi connectivity index (χ3v) is 5.09. The smallest absolute Gasteiger partial charge is 0.289 e. The summed E-state index contributed by atoms with van der Waals surface area (Å²) in [5, 5.41) is 2.91. The Bertz CT molecular complexity index is 809. The molecule has 0 saturated carbocycles. The van der Waals surface area contributed by atoms with Crippen LogP contribution in [-0.2, 0) is 19.5 Å². The third kappa shape index (κ3) is 3.21. The molecule has 136 valence electrons. The second kappa shape index (κ2) is 7.27. The van der Waals surface area contributed by atoms with Gasteiger partial charge in [-0.05, 0) is 43.7 Å². The Morgan fingerprint density at radius 3 is 2.69 bits per heavy atom. The van der Waals surface area contributed by atoms with Crippen molar-refractivity contribution in [3.05, 3.63) is 47.3 Å². The van der Waals surface area contributed by atoms with E-state index in [0.717, 1.165) is 63.0 Å². The fraction of sp³-hybridized carbons (Fsp3) is 0.474. The number of nitrogens with zero attached hydrogens (tertiary/aromatic N) is 4. The number of amides is 2. The number of pyridine rings is 1. The molecule has 2 aliphatic rings. The van der Waals surface area contributed by atoms with E-state index < -0.39 is 0 Å². The monoisotopic (exact) mass is 353 g/mol. The zero-order valence-corrected chi connectivity index (χ0v) is 14.8. The molecule has 0 radical (unpaired) electrons. The van der Waals surface area contributed by atoms with Gasteiger partial charge in [-0.15, -0.1) is 0 Å². The van der Waals surface area contributed by atoms with E-state index in [1.54, 1.807) is 12.4 Å². The first-order valence-corrected chi connectivity index (χ1v) is 9.30. The normalized spacial score (nSPS) is 16.4. The van der Waals surface area contributed by atoms with Crippen LogP contribution in [0.2, 0.25) is 0 Å². The van der Waals surface area contributed by atoms with Crippen molar-refractivity contribution in [3.63, 3.8) is 0 Å². The fourth-order valence-electron chi connectivity index (χ4n) is 3.72. The molecule has 2 aromatic rings. The van der Waals surface area contributed by atoms with Gasteiger partial charge in [0.25, 0.3) is 11.8 Å². The predicted octanol–water partition coefficient (Wildman–Crippen LogP) is 1.78. The molecule has 2 amide bonds. The van der Waals surface area contributed by atoms with Gasteiger partial charge in [0, 0.05) is 38.6 Å². The lowest BCUT2D eigenvalue weighted by Gasteiger charge is -2.19. The molecule has 0 atom stereocenters.